The van der Waals surface area contributed by atoms with Crippen LogP contribution in [0.15, 0.2) is 60.0 Å². The van der Waals surface area contributed by atoms with Crippen LogP contribution in [0.1, 0.15) is 17.3 Å². The number of morpholine rings is 1. The van der Waals surface area contributed by atoms with Crippen molar-refractivity contribution in [2.75, 3.05) is 38.2 Å². The largest absolute Gasteiger partial charge is 0.492 e. The topological polar surface area (TPSA) is 116 Å². The van der Waals surface area contributed by atoms with E-state index in [4.69, 9.17) is 9.47 Å². The molecule has 4 rings (SSSR count). The summed E-state index contributed by atoms with van der Waals surface area (Å²) in [5, 5.41) is 6.81. The van der Waals surface area contributed by atoms with Crippen molar-refractivity contribution in [3.63, 3.8) is 0 Å². The van der Waals surface area contributed by atoms with Gasteiger partial charge in [0, 0.05) is 24.3 Å². The Bertz CT molecular complexity index is 1170. The molecule has 1 aliphatic rings. The van der Waals surface area contributed by atoms with Gasteiger partial charge in [-0.15, -0.1) is 0 Å². The molecular formula is C21H23N5O5S. The van der Waals surface area contributed by atoms with Gasteiger partial charge in [-0.1, -0.05) is 0 Å². The molecule has 1 N–H and O–H groups in total. The number of hydrogen-bond acceptors (Lipinski definition) is 7. The van der Waals surface area contributed by atoms with E-state index in [-0.39, 0.29) is 29.6 Å². The quantitative estimate of drug-likeness (QED) is 0.576. The van der Waals surface area contributed by atoms with Crippen LogP contribution in [0.25, 0.3) is 5.69 Å². The number of aromatic nitrogens is 3. The molecule has 2 aromatic carbocycles. The lowest BCUT2D eigenvalue weighted by molar-refractivity contribution is 0.0729. The van der Waals surface area contributed by atoms with Crippen molar-refractivity contribution in [3.8, 4) is 11.4 Å². The molecule has 32 heavy (non-hydrogen) atoms. The zero-order chi connectivity index (χ0) is 22.6. The first-order valence-electron chi connectivity index (χ1n) is 10.1. The van der Waals surface area contributed by atoms with Crippen molar-refractivity contribution in [2.24, 2.45) is 0 Å². The van der Waals surface area contributed by atoms with Crippen molar-refractivity contribution in [1.82, 2.24) is 19.1 Å². The highest BCUT2D eigenvalue weighted by molar-refractivity contribution is 7.89. The normalized spacial score (nSPS) is 14.8. The molecule has 11 heteroatoms. The highest BCUT2D eigenvalue weighted by Gasteiger charge is 2.29. The minimum atomic E-state index is -3.81. The van der Waals surface area contributed by atoms with Gasteiger partial charge in [0.2, 0.25) is 10.0 Å². The standard InChI is InChI=1S/C21H23N5O5S/c1-2-31-19-8-5-17(13-20(19)32(28,29)25-9-11-30-12-10-25)24-21(27)16-3-6-18(7-4-16)26-15-22-14-23-26/h3-8,13-15H,2,9-12H2,1H3,(H,24,27). The molecule has 1 saturated heterocycles. The summed E-state index contributed by atoms with van der Waals surface area (Å²) < 4.78 is 40.2. The van der Waals surface area contributed by atoms with Gasteiger partial charge >= 0.3 is 0 Å². The lowest BCUT2D eigenvalue weighted by Crippen LogP contribution is -2.40. The van der Waals surface area contributed by atoms with E-state index in [9.17, 15) is 13.2 Å². The Morgan fingerprint density at radius 1 is 1.16 bits per heavy atom. The molecule has 0 spiro atoms. The van der Waals surface area contributed by atoms with E-state index in [1.54, 1.807) is 54.3 Å². The number of benzene rings is 2. The van der Waals surface area contributed by atoms with Crippen molar-refractivity contribution in [2.45, 2.75) is 11.8 Å². The van der Waals surface area contributed by atoms with Crippen LogP contribution >= 0.6 is 0 Å². The minimum absolute atomic E-state index is 0.0144. The lowest BCUT2D eigenvalue weighted by Gasteiger charge is -2.27. The zero-order valence-electron chi connectivity index (χ0n) is 17.5. The zero-order valence-corrected chi connectivity index (χ0v) is 18.3. The Balaban J connectivity index is 1.57. The van der Waals surface area contributed by atoms with Crippen LogP contribution in [0.3, 0.4) is 0 Å². The number of carbonyl (C=O) groups is 1. The van der Waals surface area contributed by atoms with Gasteiger partial charge in [0.25, 0.3) is 5.91 Å². The summed E-state index contributed by atoms with van der Waals surface area (Å²) in [6.45, 7) is 3.30. The number of nitrogens with zero attached hydrogens (tertiary/aromatic N) is 4. The van der Waals surface area contributed by atoms with Crippen LogP contribution in [0, 0.1) is 0 Å². The van der Waals surface area contributed by atoms with Crippen LogP contribution < -0.4 is 10.1 Å². The van der Waals surface area contributed by atoms with Gasteiger partial charge in [-0.2, -0.15) is 9.40 Å². The van der Waals surface area contributed by atoms with E-state index in [0.29, 0.717) is 31.1 Å². The van der Waals surface area contributed by atoms with Gasteiger partial charge in [0.05, 0.1) is 25.5 Å². The van der Waals surface area contributed by atoms with Crippen molar-refractivity contribution in [1.29, 1.82) is 0 Å². The number of nitrogens with one attached hydrogen (secondary N) is 1. The van der Waals surface area contributed by atoms with Crippen molar-refractivity contribution in [3.05, 3.63) is 60.7 Å². The van der Waals surface area contributed by atoms with Gasteiger partial charge in [-0.05, 0) is 49.4 Å². The average Bonchev–Trinajstić information content (AvgIpc) is 3.36. The molecule has 1 aliphatic heterocycles. The Labute approximate surface area is 185 Å². The van der Waals surface area contributed by atoms with Crippen LogP contribution in [0.2, 0.25) is 0 Å². The van der Waals surface area contributed by atoms with E-state index in [0.717, 1.165) is 5.69 Å². The number of carbonyl (C=O) groups excluding carboxylic acids is 1. The van der Waals surface area contributed by atoms with E-state index in [2.05, 4.69) is 15.4 Å². The fraction of sp³-hybridized carbons (Fsp3) is 0.286. The predicted molar refractivity (Wildman–Crippen MR) is 117 cm³/mol. The monoisotopic (exact) mass is 457 g/mol. The summed E-state index contributed by atoms with van der Waals surface area (Å²) in [5.74, 6) is -0.122. The van der Waals surface area contributed by atoms with Crippen LogP contribution in [0.5, 0.6) is 5.75 Å². The SMILES string of the molecule is CCOc1ccc(NC(=O)c2ccc(-n3cncn3)cc2)cc1S(=O)(=O)N1CCOCC1. The van der Waals surface area contributed by atoms with Crippen molar-refractivity contribution < 1.29 is 22.7 Å². The third-order valence-corrected chi connectivity index (χ3v) is 6.82. The Hall–Kier alpha value is -3.28. The molecule has 1 amide bonds. The van der Waals surface area contributed by atoms with Gasteiger partial charge in [-0.3, -0.25) is 4.79 Å². The summed E-state index contributed by atoms with van der Waals surface area (Å²) in [4.78, 5) is 16.6. The fourth-order valence-electron chi connectivity index (χ4n) is 3.30. The molecule has 10 nitrogen and oxygen atoms in total. The molecule has 168 valence electrons. The molecule has 1 aromatic heterocycles. The van der Waals surface area contributed by atoms with Crippen molar-refractivity contribution >= 4 is 21.6 Å². The Kier molecular flexibility index (Phi) is 6.49. The molecule has 0 aliphatic carbocycles. The summed E-state index contributed by atoms with van der Waals surface area (Å²) in [6, 6.07) is 11.4. The first-order valence-corrected chi connectivity index (χ1v) is 11.5. The van der Waals surface area contributed by atoms with Crippen LogP contribution in [-0.4, -0.2) is 66.3 Å². The van der Waals surface area contributed by atoms with E-state index in [1.807, 2.05) is 0 Å². The first kappa shape index (κ1) is 21.9. The smallest absolute Gasteiger partial charge is 0.255 e. The summed E-state index contributed by atoms with van der Waals surface area (Å²) >= 11 is 0. The Morgan fingerprint density at radius 2 is 1.91 bits per heavy atom. The second kappa shape index (κ2) is 9.47. The van der Waals surface area contributed by atoms with Gasteiger partial charge in [-0.25, -0.2) is 18.1 Å². The minimum Gasteiger partial charge on any atom is -0.492 e. The van der Waals surface area contributed by atoms with Gasteiger partial charge < -0.3 is 14.8 Å². The lowest BCUT2D eigenvalue weighted by atomic mass is 10.2. The molecular weight excluding hydrogens is 434 g/mol. The van der Waals surface area contributed by atoms with E-state index in [1.165, 1.54) is 16.7 Å². The molecule has 3 aromatic rings. The third kappa shape index (κ3) is 4.64. The van der Waals surface area contributed by atoms with E-state index < -0.39 is 10.0 Å². The maximum atomic E-state index is 13.2. The second-order valence-corrected chi connectivity index (χ2v) is 8.86. The third-order valence-electron chi connectivity index (χ3n) is 4.90. The number of sulfonamides is 1. The highest BCUT2D eigenvalue weighted by atomic mass is 32.2. The molecule has 1 fully saturated rings. The number of ether oxygens (including phenoxy) is 2. The molecule has 0 saturated carbocycles. The Morgan fingerprint density at radius 3 is 2.56 bits per heavy atom. The predicted octanol–water partition coefficient (Wildman–Crippen LogP) is 1.94. The fourth-order valence-corrected chi connectivity index (χ4v) is 4.86. The maximum Gasteiger partial charge on any atom is 0.255 e. The maximum absolute atomic E-state index is 13.2. The number of amides is 1. The summed E-state index contributed by atoms with van der Waals surface area (Å²) in [5.41, 5.74) is 1.53. The molecule has 0 radical (unpaired) electrons. The summed E-state index contributed by atoms with van der Waals surface area (Å²) in [7, 11) is -3.81. The second-order valence-electron chi connectivity index (χ2n) is 6.95. The molecule has 0 atom stereocenters. The van der Waals surface area contributed by atoms with Gasteiger partial charge in [0.15, 0.2) is 0 Å². The first-order chi connectivity index (χ1) is 15.5. The van der Waals surface area contributed by atoms with Crippen LogP contribution in [-0.2, 0) is 14.8 Å². The van der Waals surface area contributed by atoms with Gasteiger partial charge in [0.1, 0.15) is 23.3 Å². The van der Waals surface area contributed by atoms with E-state index >= 15 is 0 Å². The highest BCUT2D eigenvalue weighted by Crippen LogP contribution is 2.30. The molecule has 0 unspecified atom stereocenters. The molecule has 2 heterocycles. The number of anilines is 1. The summed E-state index contributed by atoms with van der Waals surface area (Å²) in [6.07, 6.45) is 2.99. The number of hydrogen-bond donors (Lipinski definition) is 1. The van der Waals surface area contributed by atoms with Crippen LogP contribution in [0.4, 0.5) is 5.69 Å². The average molecular weight is 458 g/mol. The molecule has 0 bridgehead atoms. The number of rotatable bonds is 7.